The van der Waals surface area contributed by atoms with Gasteiger partial charge in [-0.1, -0.05) is 56.0 Å². The molecule has 1 atom stereocenters. The lowest BCUT2D eigenvalue weighted by Gasteiger charge is -2.44. The number of carbonyl (C=O) groups is 2. The van der Waals surface area contributed by atoms with Gasteiger partial charge in [-0.15, -0.1) is 0 Å². The fourth-order valence-electron chi connectivity index (χ4n) is 5.56. The van der Waals surface area contributed by atoms with Crippen LogP contribution in [0.25, 0.3) is 10.9 Å². The van der Waals surface area contributed by atoms with Crippen LogP contribution in [0, 0.1) is 0 Å². The Bertz CT molecular complexity index is 1210. The van der Waals surface area contributed by atoms with Gasteiger partial charge in [0, 0.05) is 23.5 Å². The standard InChI is InChI=1S/C29H35N3O3/c1-3-35-24-16-14-21(15-17-24)19-32-27(33)26-18-22-10-8-9-13-25(22)31(26)20-29(32,2)28(34)30-23-11-6-4-5-7-12-23/h8-10,13-18,23H,3-7,11-12,19-20H2,1-2H3,(H,30,34)/t29-/m1/s1. The third-order valence-corrected chi connectivity index (χ3v) is 7.59. The van der Waals surface area contributed by atoms with Gasteiger partial charge < -0.3 is 19.5 Å². The van der Waals surface area contributed by atoms with E-state index in [0.717, 1.165) is 47.9 Å². The summed E-state index contributed by atoms with van der Waals surface area (Å²) in [6.07, 6.45) is 6.75. The van der Waals surface area contributed by atoms with Crippen molar-refractivity contribution in [1.82, 2.24) is 14.8 Å². The summed E-state index contributed by atoms with van der Waals surface area (Å²) >= 11 is 0. The summed E-state index contributed by atoms with van der Waals surface area (Å²) in [6, 6.07) is 17.9. The fourth-order valence-corrected chi connectivity index (χ4v) is 5.56. The van der Waals surface area contributed by atoms with Crippen LogP contribution in [0.15, 0.2) is 54.6 Å². The number of para-hydroxylation sites is 1. The summed E-state index contributed by atoms with van der Waals surface area (Å²) in [5.74, 6) is 0.627. The van der Waals surface area contributed by atoms with Crippen LogP contribution in [0.3, 0.4) is 0 Å². The molecule has 1 saturated carbocycles. The first-order chi connectivity index (χ1) is 17.0. The molecule has 5 rings (SSSR count). The van der Waals surface area contributed by atoms with Crippen LogP contribution in [-0.2, 0) is 17.9 Å². The summed E-state index contributed by atoms with van der Waals surface area (Å²) in [7, 11) is 0. The first-order valence-corrected chi connectivity index (χ1v) is 12.9. The number of hydrogen-bond acceptors (Lipinski definition) is 3. The Hall–Kier alpha value is -3.28. The van der Waals surface area contributed by atoms with Crippen molar-refractivity contribution in [3.05, 3.63) is 65.9 Å². The van der Waals surface area contributed by atoms with E-state index in [1.54, 1.807) is 4.90 Å². The topological polar surface area (TPSA) is 63.6 Å². The smallest absolute Gasteiger partial charge is 0.271 e. The summed E-state index contributed by atoms with van der Waals surface area (Å²) in [4.78, 5) is 29.6. The number of benzene rings is 2. The minimum absolute atomic E-state index is 0.0629. The van der Waals surface area contributed by atoms with Crippen LogP contribution in [0.5, 0.6) is 5.75 Å². The molecule has 6 nitrogen and oxygen atoms in total. The second-order valence-corrected chi connectivity index (χ2v) is 10.1. The molecule has 3 aromatic rings. The van der Waals surface area contributed by atoms with E-state index in [0.29, 0.717) is 25.4 Å². The van der Waals surface area contributed by atoms with Crippen LogP contribution >= 0.6 is 0 Å². The van der Waals surface area contributed by atoms with E-state index in [-0.39, 0.29) is 17.9 Å². The maximum Gasteiger partial charge on any atom is 0.271 e. The average Bonchev–Trinajstić information content (AvgIpc) is 3.03. The molecule has 0 unspecified atom stereocenters. The number of aromatic nitrogens is 1. The number of ether oxygens (including phenoxy) is 1. The molecule has 35 heavy (non-hydrogen) atoms. The first kappa shape index (κ1) is 23.5. The van der Waals surface area contributed by atoms with Crippen molar-refractivity contribution in [3.8, 4) is 5.75 Å². The predicted molar refractivity (Wildman–Crippen MR) is 137 cm³/mol. The number of nitrogens with zero attached hydrogens (tertiary/aromatic N) is 2. The highest BCUT2D eigenvalue weighted by atomic mass is 16.5. The third kappa shape index (κ3) is 4.54. The van der Waals surface area contributed by atoms with Gasteiger partial charge >= 0.3 is 0 Å². The zero-order chi connectivity index (χ0) is 24.4. The molecule has 0 saturated heterocycles. The van der Waals surface area contributed by atoms with E-state index >= 15 is 0 Å². The number of rotatable bonds is 6. The Kier molecular flexibility index (Phi) is 6.54. The van der Waals surface area contributed by atoms with Gasteiger partial charge in [-0.05, 0) is 56.5 Å². The van der Waals surface area contributed by atoms with Gasteiger partial charge in [-0.25, -0.2) is 0 Å². The van der Waals surface area contributed by atoms with E-state index in [1.807, 2.05) is 73.0 Å². The van der Waals surface area contributed by atoms with Gasteiger partial charge in [0.1, 0.15) is 17.0 Å². The molecule has 1 aliphatic heterocycles. The molecule has 2 heterocycles. The lowest BCUT2D eigenvalue weighted by atomic mass is 9.93. The quantitative estimate of drug-likeness (QED) is 0.495. The molecule has 184 valence electrons. The molecule has 1 aromatic heterocycles. The Morgan fingerprint density at radius 2 is 1.77 bits per heavy atom. The largest absolute Gasteiger partial charge is 0.494 e. The fraction of sp³-hybridized carbons (Fsp3) is 0.448. The maximum absolute atomic E-state index is 13.9. The maximum atomic E-state index is 13.9. The van der Waals surface area contributed by atoms with E-state index in [4.69, 9.17) is 4.74 Å². The first-order valence-electron chi connectivity index (χ1n) is 12.9. The molecule has 2 aliphatic rings. The Morgan fingerprint density at radius 3 is 2.49 bits per heavy atom. The van der Waals surface area contributed by atoms with Crippen LogP contribution < -0.4 is 10.1 Å². The SMILES string of the molecule is CCOc1ccc(CN2C(=O)c3cc4ccccc4n3C[C@]2(C)C(=O)NC2CCCCCC2)cc1. The van der Waals surface area contributed by atoms with Gasteiger partial charge in [0.2, 0.25) is 5.91 Å². The molecule has 1 fully saturated rings. The van der Waals surface area contributed by atoms with Crippen LogP contribution in [0.4, 0.5) is 0 Å². The molecule has 0 spiro atoms. The minimum atomic E-state index is -1.00. The van der Waals surface area contributed by atoms with Crippen molar-refractivity contribution >= 4 is 22.7 Å². The lowest BCUT2D eigenvalue weighted by Crippen LogP contribution is -2.64. The number of fused-ring (bicyclic) bond motifs is 3. The Morgan fingerprint density at radius 1 is 1.06 bits per heavy atom. The predicted octanol–water partition coefficient (Wildman–Crippen LogP) is 5.29. The molecule has 2 amide bonds. The zero-order valence-electron chi connectivity index (χ0n) is 20.8. The van der Waals surface area contributed by atoms with Crippen molar-refractivity contribution in [1.29, 1.82) is 0 Å². The number of amides is 2. The summed E-state index contributed by atoms with van der Waals surface area (Å²) < 4.78 is 7.60. The van der Waals surface area contributed by atoms with E-state index in [9.17, 15) is 9.59 Å². The molecule has 1 aliphatic carbocycles. The van der Waals surface area contributed by atoms with E-state index in [2.05, 4.69) is 5.32 Å². The second kappa shape index (κ2) is 9.76. The molecular weight excluding hydrogens is 438 g/mol. The highest BCUT2D eigenvalue weighted by Gasteiger charge is 2.48. The van der Waals surface area contributed by atoms with Gasteiger partial charge in [0.05, 0.1) is 13.2 Å². The van der Waals surface area contributed by atoms with E-state index < -0.39 is 5.54 Å². The van der Waals surface area contributed by atoms with Crippen molar-refractivity contribution in [3.63, 3.8) is 0 Å². The molecular formula is C29H35N3O3. The van der Waals surface area contributed by atoms with E-state index in [1.165, 1.54) is 12.8 Å². The van der Waals surface area contributed by atoms with Gasteiger partial charge in [-0.2, -0.15) is 0 Å². The molecule has 6 heteroatoms. The van der Waals surface area contributed by atoms with Crippen LogP contribution in [-0.4, -0.2) is 39.5 Å². The molecule has 0 radical (unpaired) electrons. The van der Waals surface area contributed by atoms with Gasteiger partial charge in [0.25, 0.3) is 5.91 Å². The third-order valence-electron chi connectivity index (χ3n) is 7.59. The number of nitrogens with one attached hydrogen (secondary N) is 1. The second-order valence-electron chi connectivity index (χ2n) is 10.1. The Labute approximate surface area is 207 Å². The van der Waals surface area contributed by atoms with Crippen molar-refractivity contribution < 1.29 is 14.3 Å². The highest BCUT2D eigenvalue weighted by Crippen LogP contribution is 2.34. The summed E-state index contributed by atoms with van der Waals surface area (Å²) in [6.45, 7) is 5.27. The molecule has 1 N–H and O–H groups in total. The molecule has 0 bridgehead atoms. The summed E-state index contributed by atoms with van der Waals surface area (Å²) in [5, 5.41) is 4.35. The number of carbonyl (C=O) groups excluding carboxylic acids is 2. The normalized spacial score (nSPS) is 21.0. The van der Waals surface area contributed by atoms with Gasteiger partial charge in [0.15, 0.2) is 0 Å². The highest BCUT2D eigenvalue weighted by molar-refractivity contribution is 6.03. The summed E-state index contributed by atoms with van der Waals surface area (Å²) in [5.41, 5.74) is 1.60. The zero-order valence-corrected chi connectivity index (χ0v) is 20.8. The average molecular weight is 474 g/mol. The lowest BCUT2D eigenvalue weighted by molar-refractivity contribution is -0.134. The monoisotopic (exact) mass is 473 g/mol. The van der Waals surface area contributed by atoms with Crippen molar-refractivity contribution in [2.45, 2.75) is 77.0 Å². The van der Waals surface area contributed by atoms with Gasteiger partial charge in [-0.3, -0.25) is 9.59 Å². The minimum Gasteiger partial charge on any atom is -0.494 e. The van der Waals surface area contributed by atoms with Crippen LogP contribution in [0.1, 0.15) is 68.4 Å². The molecule has 2 aromatic carbocycles. The van der Waals surface area contributed by atoms with Crippen LogP contribution in [0.2, 0.25) is 0 Å². The Balaban J connectivity index is 1.50. The van der Waals surface area contributed by atoms with Crippen molar-refractivity contribution in [2.24, 2.45) is 0 Å². The van der Waals surface area contributed by atoms with Crippen molar-refractivity contribution in [2.75, 3.05) is 6.61 Å². The number of hydrogen-bond donors (Lipinski definition) is 1.